The zero-order valence-corrected chi connectivity index (χ0v) is 4.99. The van der Waals surface area contributed by atoms with E-state index >= 15 is 0 Å². The van der Waals surface area contributed by atoms with Crippen molar-refractivity contribution in [3.63, 3.8) is 0 Å². The fourth-order valence-electron chi connectivity index (χ4n) is 0.479. The van der Waals surface area contributed by atoms with Crippen molar-refractivity contribution in [1.29, 1.82) is 0 Å². The quantitative estimate of drug-likeness (QED) is 0.524. The highest BCUT2D eigenvalue weighted by molar-refractivity contribution is 5.42. The molecule has 0 amide bonds. The second kappa shape index (κ2) is 2.34. The Kier molecular flexibility index (Phi) is 1.53. The summed E-state index contributed by atoms with van der Waals surface area (Å²) in [6.45, 7) is 3.29. The van der Waals surface area contributed by atoms with Crippen LogP contribution in [0.5, 0.6) is 0 Å². The summed E-state index contributed by atoms with van der Waals surface area (Å²) in [7, 11) is 0. The maximum atomic E-state index is 10.5. The smallest absolute Gasteiger partial charge is 0.242 e. The number of hydrogen-bond acceptors (Lipinski definition) is 4. The van der Waals surface area contributed by atoms with Gasteiger partial charge in [-0.3, -0.25) is 0 Å². The third-order valence-corrected chi connectivity index (χ3v) is 0.928. The summed E-state index contributed by atoms with van der Waals surface area (Å²) in [5.74, 6) is 0. The van der Waals surface area contributed by atoms with Gasteiger partial charge in [0.05, 0.1) is 5.56 Å². The van der Waals surface area contributed by atoms with E-state index in [2.05, 4.69) is 15.7 Å². The molecule has 0 bridgehead atoms. The molecule has 0 saturated carbocycles. The average Bonchev–Trinajstić information content (AvgIpc) is 1.94. The predicted octanol–water partition coefficient (Wildman–Crippen LogP) is 0.236. The van der Waals surface area contributed by atoms with E-state index in [0.29, 0.717) is 0 Å². The fourth-order valence-corrected chi connectivity index (χ4v) is 0.479. The minimum absolute atomic E-state index is 0.108. The van der Waals surface area contributed by atoms with E-state index in [0.717, 1.165) is 6.07 Å². The lowest BCUT2D eigenvalue weighted by Gasteiger charge is -1.82. The van der Waals surface area contributed by atoms with E-state index in [-0.39, 0.29) is 5.56 Å². The van der Waals surface area contributed by atoms with Crippen molar-refractivity contribution in [2.24, 2.45) is 0 Å². The second-order valence-corrected chi connectivity index (χ2v) is 1.58. The standard InChI is InChI=1S/C6H4O4/c1-2-4-3-5(7)9-10-6(4)8/h2-3H,1H2. The van der Waals surface area contributed by atoms with Crippen LogP contribution in [-0.4, -0.2) is 0 Å². The largest absolute Gasteiger partial charge is 0.386 e. The van der Waals surface area contributed by atoms with E-state index in [1.165, 1.54) is 6.08 Å². The highest BCUT2D eigenvalue weighted by atomic mass is 17.0. The van der Waals surface area contributed by atoms with Gasteiger partial charge in [-0.25, -0.2) is 18.7 Å². The molecular formula is C6H4O4. The lowest BCUT2D eigenvalue weighted by atomic mass is 10.3. The second-order valence-electron chi connectivity index (χ2n) is 1.58. The van der Waals surface area contributed by atoms with Gasteiger partial charge in [0.15, 0.2) is 0 Å². The summed E-state index contributed by atoms with van der Waals surface area (Å²) in [5, 5.41) is 0. The van der Waals surface area contributed by atoms with Crippen LogP contribution in [0.15, 0.2) is 31.4 Å². The average molecular weight is 140 g/mol. The first kappa shape index (κ1) is 6.54. The van der Waals surface area contributed by atoms with Crippen molar-refractivity contribution in [3.05, 3.63) is 39.0 Å². The zero-order valence-electron chi connectivity index (χ0n) is 4.99. The maximum Gasteiger partial charge on any atom is 0.386 e. The third-order valence-electron chi connectivity index (χ3n) is 0.928. The lowest BCUT2D eigenvalue weighted by molar-refractivity contribution is 0.0162. The van der Waals surface area contributed by atoms with Crippen LogP contribution in [0.3, 0.4) is 0 Å². The molecule has 10 heavy (non-hydrogen) atoms. The van der Waals surface area contributed by atoms with E-state index < -0.39 is 11.3 Å². The summed E-state index contributed by atoms with van der Waals surface area (Å²) >= 11 is 0. The van der Waals surface area contributed by atoms with Crippen LogP contribution in [0.2, 0.25) is 0 Å². The number of hydrogen-bond donors (Lipinski definition) is 0. The van der Waals surface area contributed by atoms with Gasteiger partial charge in [0, 0.05) is 6.07 Å². The Labute approximate surface area is 55.3 Å². The SMILES string of the molecule is C=Cc1cc(=O)ooc1=O. The molecule has 1 heterocycles. The van der Waals surface area contributed by atoms with Gasteiger partial charge in [-0.05, 0) is 0 Å². The molecule has 1 aromatic rings. The van der Waals surface area contributed by atoms with Gasteiger partial charge < -0.3 is 0 Å². The Morgan fingerprint density at radius 2 is 2.10 bits per heavy atom. The molecule has 0 aliphatic rings. The van der Waals surface area contributed by atoms with Gasteiger partial charge in [-0.2, -0.15) is 0 Å². The Balaban J connectivity index is 3.50. The normalized spacial score (nSPS) is 9.20. The minimum Gasteiger partial charge on any atom is -0.242 e. The molecule has 0 saturated heterocycles. The summed E-state index contributed by atoms with van der Waals surface area (Å²) in [4.78, 5) is 20.9. The molecule has 0 aliphatic carbocycles. The van der Waals surface area contributed by atoms with Crippen molar-refractivity contribution in [2.45, 2.75) is 0 Å². The topological polar surface area (TPSA) is 60.4 Å². The van der Waals surface area contributed by atoms with Gasteiger partial charge >= 0.3 is 11.3 Å². The van der Waals surface area contributed by atoms with Gasteiger partial charge in [0.1, 0.15) is 0 Å². The number of rotatable bonds is 1. The monoisotopic (exact) mass is 140 g/mol. The molecular weight excluding hydrogens is 136 g/mol. The first-order valence-corrected chi connectivity index (χ1v) is 2.51. The van der Waals surface area contributed by atoms with Crippen molar-refractivity contribution in [3.8, 4) is 0 Å². The Morgan fingerprint density at radius 3 is 2.60 bits per heavy atom. The van der Waals surface area contributed by atoms with Crippen molar-refractivity contribution >= 4 is 6.08 Å². The molecule has 0 atom stereocenters. The highest BCUT2D eigenvalue weighted by Gasteiger charge is 1.97. The van der Waals surface area contributed by atoms with Crippen LogP contribution in [0.25, 0.3) is 6.08 Å². The molecule has 0 aromatic carbocycles. The zero-order chi connectivity index (χ0) is 7.56. The third kappa shape index (κ3) is 1.05. The summed E-state index contributed by atoms with van der Waals surface area (Å²) in [5.41, 5.74) is -1.29. The van der Waals surface area contributed by atoms with E-state index in [1.54, 1.807) is 0 Å². The molecule has 0 radical (unpaired) electrons. The van der Waals surface area contributed by atoms with Crippen LogP contribution in [-0.2, 0) is 0 Å². The van der Waals surface area contributed by atoms with E-state index in [9.17, 15) is 9.59 Å². The molecule has 1 aromatic heterocycles. The summed E-state index contributed by atoms with van der Waals surface area (Å²) in [6.07, 6.45) is 1.22. The molecule has 0 unspecified atom stereocenters. The molecule has 0 fully saturated rings. The van der Waals surface area contributed by atoms with Crippen LogP contribution < -0.4 is 11.3 Å². The minimum atomic E-state index is -0.700. The van der Waals surface area contributed by atoms with Crippen molar-refractivity contribution < 1.29 is 9.15 Å². The Morgan fingerprint density at radius 1 is 1.40 bits per heavy atom. The van der Waals surface area contributed by atoms with Crippen molar-refractivity contribution in [1.82, 2.24) is 0 Å². The molecule has 52 valence electrons. The predicted molar refractivity (Wildman–Crippen MR) is 33.6 cm³/mol. The fraction of sp³-hybridized carbons (Fsp3) is 0. The van der Waals surface area contributed by atoms with Gasteiger partial charge in [0.2, 0.25) is 0 Å². The van der Waals surface area contributed by atoms with E-state index in [1.807, 2.05) is 0 Å². The highest BCUT2D eigenvalue weighted by Crippen LogP contribution is 1.85. The molecule has 0 spiro atoms. The van der Waals surface area contributed by atoms with Gasteiger partial charge in [-0.1, -0.05) is 12.7 Å². The first-order chi connectivity index (χ1) is 4.74. The molecule has 4 nitrogen and oxygen atoms in total. The molecule has 1 rings (SSSR count). The van der Waals surface area contributed by atoms with Crippen LogP contribution in [0.1, 0.15) is 5.56 Å². The first-order valence-electron chi connectivity index (χ1n) is 2.51. The van der Waals surface area contributed by atoms with Crippen LogP contribution >= 0.6 is 0 Å². The van der Waals surface area contributed by atoms with Crippen LogP contribution in [0, 0.1) is 0 Å². The molecule has 0 N–H and O–H groups in total. The van der Waals surface area contributed by atoms with Crippen LogP contribution in [0.4, 0.5) is 0 Å². The van der Waals surface area contributed by atoms with Gasteiger partial charge in [0.25, 0.3) is 0 Å². The van der Waals surface area contributed by atoms with E-state index in [4.69, 9.17) is 0 Å². The van der Waals surface area contributed by atoms with Gasteiger partial charge in [-0.15, -0.1) is 0 Å². The summed E-state index contributed by atoms with van der Waals surface area (Å²) in [6, 6.07) is 1.01. The van der Waals surface area contributed by atoms with Crippen molar-refractivity contribution in [2.75, 3.05) is 0 Å². The molecule has 0 aliphatic heterocycles. The Bertz CT molecular complexity index is 343. The molecule has 4 heteroatoms. The lowest BCUT2D eigenvalue weighted by Crippen LogP contribution is -2.09. The summed E-state index contributed by atoms with van der Waals surface area (Å²) < 4.78 is 7.88. The maximum absolute atomic E-state index is 10.5. The Hall–Kier alpha value is -1.58.